The zero-order chi connectivity index (χ0) is 54.3. The van der Waals surface area contributed by atoms with Crippen molar-refractivity contribution in [1.29, 1.82) is 0 Å². The normalized spacial score (nSPS) is 11.4. The van der Waals surface area contributed by atoms with Gasteiger partial charge in [0.2, 0.25) is 0 Å². The van der Waals surface area contributed by atoms with Gasteiger partial charge in [-0.3, -0.25) is 0 Å². The molecule has 0 radical (unpaired) electrons. The number of rotatable bonds is 8. The highest BCUT2D eigenvalue weighted by Crippen LogP contribution is 2.39. The van der Waals surface area contributed by atoms with Gasteiger partial charge in [0.25, 0.3) is 0 Å². The molecular weight excluding hydrogens is 1000 g/mol. The van der Waals surface area contributed by atoms with Gasteiger partial charge in [-0.1, -0.05) is 243 Å². The monoisotopic (exact) mass is 1050 g/mol. The van der Waals surface area contributed by atoms with Crippen LogP contribution in [-0.2, 0) is 0 Å². The molecule has 0 bridgehead atoms. The van der Waals surface area contributed by atoms with E-state index in [0.717, 1.165) is 88.4 Å². The predicted molar refractivity (Wildman–Crippen MR) is 333 cm³/mol. The molecule has 82 heavy (non-hydrogen) atoms. The van der Waals surface area contributed by atoms with E-state index in [1.807, 2.05) is 121 Å². The Kier molecular flexibility index (Phi) is 12.0. The van der Waals surface area contributed by atoms with Gasteiger partial charge in [0.05, 0.1) is 5.56 Å². The summed E-state index contributed by atoms with van der Waals surface area (Å²) in [6, 6.07) is 95.3. The number of benzene rings is 12. The first-order valence-corrected chi connectivity index (χ1v) is 27.2. The lowest BCUT2D eigenvalue weighted by Crippen LogP contribution is -2.00. The van der Waals surface area contributed by atoms with Crippen LogP contribution >= 0.6 is 0 Å². The maximum Gasteiger partial charge on any atom is 0.167 e. The fraction of sp³-hybridized carbons (Fsp3) is 0. The smallest absolute Gasteiger partial charge is 0.167 e. The third-order valence-corrected chi connectivity index (χ3v) is 15.1. The lowest BCUT2D eigenvalue weighted by Gasteiger charge is -2.10. The summed E-state index contributed by atoms with van der Waals surface area (Å²) in [5.41, 5.74) is 13.4. The molecule has 8 nitrogen and oxygen atoms in total. The van der Waals surface area contributed by atoms with Crippen LogP contribution in [0.25, 0.3) is 156 Å². The highest BCUT2D eigenvalue weighted by molar-refractivity contribution is 6.12. The van der Waals surface area contributed by atoms with Gasteiger partial charge in [-0.25, -0.2) is 29.9 Å². The number of para-hydroxylation sites is 3. The summed E-state index contributed by atoms with van der Waals surface area (Å²) in [5.74, 6) is 3.70. The number of furan rings is 2. The number of hydrogen-bond donors (Lipinski definition) is 0. The molecule has 384 valence electrons. The minimum atomic E-state index is 0.581. The number of hydrogen-bond acceptors (Lipinski definition) is 8. The van der Waals surface area contributed by atoms with E-state index in [2.05, 4.69) is 158 Å². The predicted octanol–water partition coefficient (Wildman–Crippen LogP) is 19.2. The summed E-state index contributed by atoms with van der Waals surface area (Å²) in [6.07, 6.45) is 0. The quantitative estimate of drug-likeness (QED) is 0.148. The van der Waals surface area contributed by atoms with Crippen molar-refractivity contribution in [2.75, 3.05) is 0 Å². The second-order valence-corrected chi connectivity index (χ2v) is 20.2. The summed E-state index contributed by atoms with van der Waals surface area (Å²) in [6.45, 7) is 0. The van der Waals surface area contributed by atoms with E-state index >= 15 is 0 Å². The van der Waals surface area contributed by atoms with Gasteiger partial charge in [-0.2, -0.15) is 0 Å². The summed E-state index contributed by atoms with van der Waals surface area (Å²) < 4.78 is 12.5. The topological polar surface area (TPSA) is 104 Å². The molecule has 0 atom stereocenters. The molecule has 16 aromatic rings. The zero-order valence-corrected chi connectivity index (χ0v) is 44.1. The van der Waals surface area contributed by atoms with Crippen molar-refractivity contribution in [3.8, 4) is 90.6 Å². The van der Waals surface area contributed by atoms with Crippen LogP contribution in [0, 0.1) is 0 Å². The van der Waals surface area contributed by atoms with Crippen molar-refractivity contribution in [2.45, 2.75) is 0 Å². The SMILES string of the molecule is c1ccc(-c2nc(-c3ccc(-c4ccc5ccccc5c4)cc3)nc(-c3cccc4c3oc3ccccc34)n2)cc1.c1ccc(-c2nc(-c3ccc(-c4ccc5ccccc5c4)cc3)nc(-c3cccc4oc5ccccc5c34)n2)cc1. The first-order valence-electron chi connectivity index (χ1n) is 27.2. The Morgan fingerprint density at radius 2 is 0.573 bits per heavy atom. The molecule has 0 aliphatic rings. The lowest BCUT2D eigenvalue weighted by molar-refractivity contribution is 0.669. The highest BCUT2D eigenvalue weighted by atomic mass is 16.3. The summed E-state index contributed by atoms with van der Waals surface area (Å²) in [7, 11) is 0. The average molecular weight is 1050 g/mol. The number of aromatic nitrogens is 6. The molecule has 16 rings (SSSR count). The van der Waals surface area contributed by atoms with Gasteiger partial charge in [0.15, 0.2) is 34.9 Å². The minimum Gasteiger partial charge on any atom is -0.456 e. The van der Waals surface area contributed by atoms with Crippen LogP contribution in [0.1, 0.15) is 0 Å². The maximum atomic E-state index is 6.32. The molecule has 0 fully saturated rings. The molecule has 4 heterocycles. The van der Waals surface area contributed by atoms with Gasteiger partial charge in [-0.15, -0.1) is 0 Å². The first kappa shape index (κ1) is 47.9. The van der Waals surface area contributed by atoms with Crippen molar-refractivity contribution >= 4 is 65.4 Å². The van der Waals surface area contributed by atoms with E-state index in [1.54, 1.807) is 0 Å². The van der Waals surface area contributed by atoms with Crippen molar-refractivity contribution in [1.82, 2.24) is 29.9 Å². The van der Waals surface area contributed by atoms with Gasteiger partial charge < -0.3 is 8.83 Å². The standard InChI is InChI=1S/2C37H23N3O/c1-2-10-26(11-3-1)35-38-36(27-20-17-25(18-21-27)29-22-19-24-9-4-5-12-28(24)23-29)40-37(39-35)32-15-8-14-31-30-13-6-7-16-33(30)41-34(31)32;1-2-10-26(11-3-1)35-38-36(27-20-17-25(18-21-27)29-22-19-24-9-4-5-12-28(24)23-29)40-37(39-35)31-14-8-16-33-34(31)30-13-6-7-15-32(30)41-33/h2*1-23H. The molecule has 0 aliphatic heterocycles. The molecule has 0 saturated carbocycles. The van der Waals surface area contributed by atoms with Crippen molar-refractivity contribution in [3.63, 3.8) is 0 Å². The van der Waals surface area contributed by atoms with E-state index in [9.17, 15) is 0 Å². The summed E-state index contributed by atoms with van der Waals surface area (Å²) >= 11 is 0. The molecule has 0 spiro atoms. The van der Waals surface area contributed by atoms with Gasteiger partial charge in [0.1, 0.15) is 22.3 Å². The second kappa shape index (κ2) is 20.5. The molecule has 0 aliphatic carbocycles. The van der Waals surface area contributed by atoms with Crippen LogP contribution in [0.2, 0.25) is 0 Å². The lowest BCUT2D eigenvalue weighted by atomic mass is 10.00. The van der Waals surface area contributed by atoms with Crippen LogP contribution in [-0.4, -0.2) is 29.9 Å². The Hall–Kier alpha value is -11.2. The number of fused-ring (bicyclic) bond motifs is 8. The van der Waals surface area contributed by atoms with E-state index in [4.69, 9.17) is 38.7 Å². The van der Waals surface area contributed by atoms with E-state index in [1.165, 1.54) is 32.7 Å². The molecule has 0 unspecified atom stereocenters. The van der Waals surface area contributed by atoms with Crippen LogP contribution in [0.4, 0.5) is 0 Å². The Bertz CT molecular complexity index is 5030. The molecule has 0 N–H and O–H groups in total. The largest absolute Gasteiger partial charge is 0.456 e. The second-order valence-electron chi connectivity index (χ2n) is 20.2. The Labute approximate surface area is 471 Å². The first-order chi connectivity index (χ1) is 40.6. The van der Waals surface area contributed by atoms with Crippen LogP contribution in [0.3, 0.4) is 0 Å². The van der Waals surface area contributed by atoms with Crippen molar-refractivity contribution in [3.05, 3.63) is 279 Å². The van der Waals surface area contributed by atoms with Gasteiger partial charge in [-0.05, 0) is 80.2 Å². The van der Waals surface area contributed by atoms with Crippen molar-refractivity contribution in [2.24, 2.45) is 0 Å². The van der Waals surface area contributed by atoms with Crippen LogP contribution in [0.15, 0.2) is 288 Å². The van der Waals surface area contributed by atoms with E-state index < -0.39 is 0 Å². The molecule has 0 amide bonds. The van der Waals surface area contributed by atoms with Gasteiger partial charge in [0, 0.05) is 49.4 Å². The molecule has 4 aromatic heterocycles. The van der Waals surface area contributed by atoms with E-state index in [0.29, 0.717) is 34.9 Å². The maximum absolute atomic E-state index is 6.32. The van der Waals surface area contributed by atoms with E-state index in [-0.39, 0.29) is 0 Å². The third kappa shape index (κ3) is 9.06. The summed E-state index contributed by atoms with van der Waals surface area (Å²) in [4.78, 5) is 29.7. The van der Waals surface area contributed by atoms with Gasteiger partial charge >= 0.3 is 0 Å². The number of nitrogens with zero attached hydrogens (tertiary/aromatic N) is 6. The van der Waals surface area contributed by atoms with Crippen molar-refractivity contribution < 1.29 is 8.83 Å². The Balaban J connectivity index is 0.000000140. The highest BCUT2D eigenvalue weighted by Gasteiger charge is 2.20. The molecule has 12 aromatic carbocycles. The Morgan fingerprint density at radius 1 is 0.207 bits per heavy atom. The van der Waals surface area contributed by atoms with Crippen LogP contribution in [0.5, 0.6) is 0 Å². The molecular formula is C74H46N6O2. The van der Waals surface area contributed by atoms with Crippen LogP contribution < -0.4 is 0 Å². The molecule has 8 heteroatoms. The average Bonchev–Trinajstić information content (AvgIpc) is 4.33. The Morgan fingerprint density at radius 3 is 1.12 bits per heavy atom. The summed E-state index contributed by atoms with van der Waals surface area (Å²) in [5, 5.41) is 9.09. The fourth-order valence-electron chi connectivity index (χ4n) is 10.9. The molecule has 0 saturated heterocycles. The zero-order valence-electron chi connectivity index (χ0n) is 44.1. The fourth-order valence-corrected chi connectivity index (χ4v) is 10.9. The minimum absolute atomic E-state index is 0.581. The third-order valence-electron chi connectivity index (χ3n) is 15.1.